The lowest BCUT2D eigenvalue weighted by atomic mass is 10.1. The number of carbonyl (C=O) groups is 2. The molecule has 1 atom stereocenters. The molecule has 0 aliphatic heterocycles. The third-order valence-corrected chi connectivity index (χ3v) is 2.82. The number of quaternary nitrogens is 1. The summed E-state index contributed by atoms with van der Waals surface area (Å²) in [6.07, 6.45) is 0. The summed E-state index contributed by atoms with van der Waals surface area (Å²) in [5, 5.41) is 2.84. The van der Waals surface area contributed by atoms with E-state index in [-0.39, 0.29) is 19.0 Å². The summed E-state index contributed by atoms with van der Waals surface area (Å²) in [4.78, 5) is 23.3. The summed E-state index contributed by atoms with van der Waals surface area (Å²) in [6, 6.07) is 5.76. The van der Waals surface area contributed by atoms with Crippen LogP contribution in [-0.2, 0) is 9.59 Å². The quantitative estimate of drug-likeness (QED) is 0.642. The van der Waals surface area contributed by atoms with E-state index in [1.54, 1.807) is 7.05 Å². The smallest absolute Gasteiger partial charge is 0.279 e. The molecule has 5 heteroatoms. The standard InChI is InChI=1S/C13H19N3O2/c1-9-5-4-6-11(10(9)2)15-13(18)8-16(3)7-12(14)17/h4-6H,7-8H2,1-3H3,(H2,14,17)(H,15,18)/p+1. The van der Waals surface area contributed by atoms with Gasteiger partial charge >= 0.3 is 0 Å². The molecule has 0 bridgehead atoms. The summed E-state index contributed by atoms with van der Waals surface area (Å²) < 4.78 is 0. The Hall–Kier alpha value is -1.88. The molecule has 1 unspecified atom stereocenters. The van der Waals surface area contributed by atoms with Gasteiger partial charge in [-0.3, -0.25) is 9.59 Å². The van der Waals surface area contributed by atoms with Crippen LogP contribution in [0.4, 0.5) is 5.69 Å². The van der Waals surface area contributed by atoms with E-state index in [9.17, 15) is 9.59 Å². The van der Waals surface area contributed by atoms with E-state index in [1.807, 2.05) is 32.0 Å². The molecular weight excluding hydrogens is 230 g/mol. The molecule has 5 nitrogen and oxygen atoms in total. The molecule has 0 spiro atoms. The Labute approximate surface area is 107 Å². The monoisotopic (exact) mass is 250 g/mol. The van der Waals surface area contributed by atoms with Gasteiger partial charge in [0.1, 0.15) is 0 Å². The summed E-state index contributed by atoms with van der Waals surface area (Å²) in [5.41, 5.74) is 8.07. The van der Waals surface area contributed by atoms with E-state index in [0.29, 0.717) is 0 Å². The maximum atomic E-state index is 11.8. The highest BCUT2D eigenvalue weighted by Gasteiger charge is 2.13. The van der Waals surface area contributed by atoms with E-state index >= 15 is 0 Å². The molecule has 1 rings (SSSR count). The second-order valence-corrected chi connectivity index (χ2v) is 4.57. The predicted molar refractivity (Wildman–Crippen MR) is 70.4 cm³/mol. The Balaban J connectivity index is 2.59. The minimum atomic E-state index is -0.410. The summed E-state index contributed by atoms with van der Waals surface area (Å²) in [5.74, 6) is -0.533. The Kier molecular flexibility index (Phi) is 4.85. The third-order valence-electron chi connectivity index (χ3n) is 2.82. The Morgan fingerprint density at radius 2 is 1.94 bits per heavy atom. The van der Waals surface area contributed by atoms with E-state index in [1.165, 1.54) is 0 Å². The zero-order chi connectivity index (χ0) is 13.7. The van der Waals surface area contributed by atoms with Gasteiger partial charge in [-0.25, -0.2) is 0 Å². The summed E-state index contributed by atoms with van der Waals surface area (Å²) in [6.45, 7) is 4.33. The van der Waals surface area contributed by atoms with Crippen LogP contribution in [0, 0.1) is 13.8 Å². The van der Waals surface area contributed by atoms with Gasteiger partial charge in [-0.2, -0.15) is 0 Å². The topological polar surface area (TPSA) is 76.6 Å². The maximum Gasteiger partial charge on any atom is 0.279 e. The highest BCUT2D eigenvalue weighted by Crippen LogP contribution is 2.17. The summed E-state index contributed by atoms with van der Waals surface area (Å²) >= 11 is 0. The van der Waals surface area contributed by atoms with Crippen molar-refractivity contribution in [1.29, 1.82) is 0 Å². The number of benzene rings is 1. The van der Waals surface area contributed by atoms with Crippen LogP contribution in [0.25, 0.3) is 0 Å². The molecule has 0 aliphatic rings. The van der Waals surface area contributed by atoms with Gasteiger partial charge in [-0.1, -0.05) is 12.1 Å². The van der Waals surface area contributed by atoms with Crippen molar-refractivity contribution in [3.8, 4) is 0 Å². The van der Waals surface area contributed by atoms with Crippen molar-refractivity contribution in [2.45, 2.75) is 13.8 Å². The van der Waals surface area contributed by atoms with Crippen LogP contribution in [0.3, 0.4) is 0 Å². The first kappa shape index (κ1) is 14.2. The molecule has 2 amide bonds. The first-order valence-electron chi connectivity index (χ1n) is 5.86. The number of rotatable bonds is 5. The van der Waals surface area contributed by atoms with Crippen molar-refractivity contribution in [3.05, 3.63) is 29.3 Å². The Morgan fingerprint density at radius 3 is 2.56 bits per heavy atom. The number of hydrogen-bond acceptors (Lipinski definition) is 2. The molecule has 0 heterocycles. The Morgan fingerprint density at radius 1 is 1.28 bits per heavy atom. The summed E-state index contributed by atoms with van der Waals surface area (Å²) in [7, 11) is 1.76. The van der Waals surface area contributed by atoms with Gasteiger partial charge < -0.3 is 16.0 Å². The second-order valence-electron chi connectivity index (χ2n) is 4.57. The fraction of sp³-hybridized carbons (Fsp3) is 0.385. The van der Waals surface area contributed by atoms with Gasteiger partial charge in [-0.15, -0.1) is 0 Å². The lowest BCUT2D eigenvalue weighted by molar-refractivity contribution is -0.862. The molecule has 0 fully saturated rings. The number of likely N-dealkylation sites (N-methyl/N-ethyl adjacent to an activating group) is 1. The molecule has 1 aromatic carbocycles. The minimum Gasteiger partial charge on any atom is -0.365 e. The number of primary amides is 1. The van der Waals surface area contributed by atoms with Gasteiger partial charge in [0.2, 0.25) is 0 Å². The van der Waals surface area contributed by atoms with Crippen molar-refractivity contribution in [2.24, 2.45) is 5.73 Å². The van der Waals surface area contributed by atoms with Gasteiger partial charge in [0.25, 0.3) is 11.8 Å². The van der Waals surface area contributed by atoms with Gasteiger partial charge in [0.15, 0.2) is 13.1 Å². The molecule has 1 aromatic rings. The van der Waals surface area contributed by atoms with Crippen molar-refractivity contribution < 1.29 is 14.5 Å². The first-order chi connectivity index (χ1) is 8.40. The predicted octanol–water partition coefficient (Wildman–Crippen LogP) is -0.758. The van der Waals surface area contributed by atoms with Crippen LogP contribution < -0.4 is 16.0 Å². The van der Waals surface area contributed by atoms with Crippen LogP contribution in [-0.4, -0.2) is 32.0 Å². The van der Waals surface area contributed by atoms with Crippen LogP contribution in [0.1, 0.15) is 11.1 Å². The van der Waals surface area contributed by atoms with Crippen LogP contribution >= 0.6 is 0 Å². The molecule has 18 heavy (non-hydrogen) atoms. The van der Waals surface area contributed by atoms with Gasteiger partial charge in [0, 0.05) is 5.69 Å². The third kappa shape index (κ3) is 4.18. The van der Waals surface area contributed by atoms with Gasteiger partial charge in [0.05, 0.1) is 7.05 Å². The number of hydrogen-bond donors (Lipinski definition) is 3. The van der Waals surface area contributed by atoms with Crippen molar-refractivity contribution in [1.82, 2.24) is 0 Å². The number of nitrogens with one attached hydrogen (secondary N) is 2. The van der Waals surface area contributed by atoms with Crippen LogP contribution in [0.5, 0.6) is 0 Å². The SMILES string of the molecule is Cc1cccc(NC(=O)C[NH+](C)CC(N)=O)c1C. The molecule has 0 saturated heterocycles. The molecule has 0 aromatic heterocycles. The molecule has 4 N–H and O–H groups in total. The number of anilines is 1. The van der Waals surface area contributed by atoms with Crippen LogP contribution in [0.2, 0.25) is 0 Å². The zero-order valence-electron chi connectivity index (χ0n) is 11.0. The maximum absolute atomic E-state index is 11.8. The van der Waals surface area contributed by atoms with E-state index in [2.05, 4.69) is 5.32 Å². The first-order valence-corrected chi connectivity index (χ1v) is 5.86. The average molecular weight is 250 g/mol. The number of aryl methyl sites for hydroxylation is 1. The van der Waals surface area contributed by atoms with Crippen LogP contribution in [0.15, 0.2) is 18.2 Å². The molecule has 0 radical (unpaired) electrons. The highest BCUT2D eigenvalue weighted by atomic mass is 16.2. The number of carbonyl (C=O) groups excluding carboxylic acids is 2. The lowest BCUT2D eigenvalue weighted by Gasteiger charge is -2.13. The van der Waals surface area contributed by atoms with E-state index < -0.39 is 5.91 Å². The Bertz CT molecular complexity index is 458. The second kappa shape index (κ2) is 6.16. The highest BCUT2D eigenvalue weighted by molar-refractivity contribution is 5.92. The average Bonchev–Trinajstić information content (AvgIpc) is 2.23. The largest absolute Gasteiger partial charge is 0.365 e. The fourth-order valence-corrected chi connectivity index (χ4v) is 1.71. The molecular formula is C13H20N3O2+. The molecule has 0 saturated carbocycles. The molecule has 0 aliphatic carbocycles. The zero-order valence-corrected chi connectivity index (χ0v) is 11.0. The van der Waals surface area contributed by atoms with Crippen molar-refractivity contribution in [3.63, 3.8) is 0 Å². The number of nitrogens with two attached hydrogens (primary N) is 1. The van der Waals surface area contributed by atoms with Crippen molar-refractivity contribution in [2.75, 3.05) is 25.5 Å². The van der Waals surface area contributed by atoms with E-state index in [0.717, 1.165) is 21.7 Å². The minimum absolute atomic E-state index is 0.123. The molecule has 98 valence electrons. The van der Waals surface area contributed by atoms with E-state index in [4.69, 9.17) is 5.73 Å². The number of amides is 2. The fourth-order valence-electron chi connectivity index (χ4n) is 1.71. The van der Waals surface area contributed by atoms with Gasteiger partial charge in [-0.05, 0) is 31.0 Å². The lowest BCUT2D eigenvalue weighted by Crippen LogP contribution is -3.11. The normalized spacial score (nSPS) is 11.9. The van der Waals surface area contributed by atoms with Crippen molar-refractivity contribution >= 4 is 17.5 Å².